The highest BCUT2D eigenvalue weighted by molar-refractivity contribution is 14.1. The number of rotatable bonds is 1. The van der Waals surface area contributed by atoms with E-state index in [9.17, 15) is 0 Å². The predicted molar refractivity (Wildman–Crippen MR) is 64.7 cm³/mol. The molecule has 0 atom stereocenters. The van der Waals surface area contributed by atoms with Crippen molar-refractivity contribution in [2.45, 2.75) is 12.5 Å². The Balaban J connectivity index is 2.27. The van der Waals surface area contributed by atoms with E-state index in [1.54, 1.807) is 6.33 Å². The van der Waals surface area contributed by atoms with Gasteiger partial charge in [-0.2, -0.15) is 0 Å². The molecule has 1 aliphatic rings. The standard InChI is InChI=1S/C10H10IN3O/c1-10(4-15-5-10)14-3-8(11)7-2-12-6-13-9(7)14/h2-3,6H,4-5H2,1H3. The van der Waals surface area contributed by atoms with E-state index >= 15 is 0 Å². The molecule has 78 valence electrons. The number of nitrogens with zero attached hydrogens (tertiary/aromatic N) is 3. The number of ether oxygens (including phenoxy) is 1. The van der Waals surface area contributed by atoms with Gasteiger partial charge >= 0.3 is 0 Å². The van der Waals surface area contributed by atoms with Crippen molar-refractivity contribution in [2.24, 2.45) is 0 Å². The third-order valence-electron chi connectivity index (χ3n) is 2.83. The van der Waals surface area contributed by atoms with Crippen molar-refractivity contribution in [3.05, 3.63) is 22.3 Å². The monoisotopic (exact) mass is 315 g/mol. The van der Waals surface area contributed by atoms with E-state index in [-0.39, 0.29) is 5.54 Å². The molecule has 15 heavy (non-hydrogen) atoms. The van der Waals surface area contributed by atoms with Crippen LogP contribution in [0.15, 0.2) is 18.7 Å². The molecule has 3 heterocycles. The van der Waals surface area contributed by atoms with Gasteiger partial charge in [-0.1, -0.05) is 0 Å². The summed E-state index contributed by atoms with van der Waals surface area (Å²) in [4.78, 5) is 8.39. The Kier molecular flexibility index (Phi) is 2.00. The minimum Gasteiger partial charge on any atom is -0.376 e. The van der Waals surface area contributed by atoms with Gasteiger partial charge in [-0.3, -0.25) is 0 Å². The number of hydrogen-bond donors (Lipinski definition) is 0. The van der Waals surface area contributed by atoms with Gasteiger partial charge in [0.1, 0.15) is 12.0 Å². The van der Waals surface area contributed by atoms with Gasteiger partial charge < -0.3 is 9.30 Å². The summed E-state index contributed by atoms with van der Waals surface area (Å²) < 4.78 is 8.68. The number of hydrogen-bond acceptors (Lipinski definition) is 3. The Morgan fingerprint density at radius 3 is 3.00 bits per heavy atom. The zero-order valence-electron chi connectivity index (χ0n) is 8.27. The van der Waals surface area contributed by atoms with Gasteiger partial charge in [0.15, 0.2) is 0 Å². The minimum absolute atomic E-state index is 0.0655. The van der Waals surface area contributed by atoms with Crippen LogP contribution < -0.4 is 0 Å². The summed E-state index contributed by atoms with van der Waals surface area (Å²) >= 11 is 2.32. The molecule has 0 N–H and O–H groups in total. The van der Waals surface area contributed by atoms with Crippen LogP contribution in [0.3, 0.4) is 0 Å². The molecule has 3 rings (SSSR count). The van der Waals surface area contributed by atoms with Crippen molar-refractivity contribution in [1.29, 1.82) is 0 Å². The van der Waals surface area contributed by atoms with Gasteiger partial charge in [0, 0.05) is 16.0 Å². The highest BCUT2D eigenvalue weighted by Gasteiger charge is 2.36. The molecule has 5 heteroatoms. The lowest BCUT2D eigenvalue weighted by atomic mass is 10.0. The maximum atomic E-state index is 5.28. The molecule has 1 aliphatic heterocycles. The SMILES string of the molecule is CC1(n2cc(I)c3cncnc32)COC1. The lowest BCUT2D eigenvalue weighted by Gasteiger charge is -2.39. The second kappa shape index (κ2) is 3.15. The zero-order chi connectivity index (χ0) is 10.5. The van der Waals surface area contributed by atoms with Crippen LogP contribution in [0, 0.1) is 3.57 Å². The highest BCUT2D eigenvalue weighted by atomic mass is 127. The summed E-state index contributed by atoms with van der Waals surface area (Å²) in [6.45, 7) is 3.71. The van der Waals surface area contributed by atoms with E-state index in [4.69, 9.17) is 4.74 Å². The van der Waals surface area contributed by atoms with Crippen LogP contribution in [-0.4, -0.2) is 27.7 Å². The molecule has 0 unspecified atom stereocenters. The predicted octanol–water partition coefficient (Wildman–Crippen LogP) is 1.78. The van der Waals surface area contributed by atoms with Gasteiger partial charge in [-0.25, -0.2) is 9.97 Å². The van der Waals surface area contributed by atoms with E-state index in [1.807, 2.05) is 6.20 Å². The quantitative estimate of drug-likeness (QED) is 0.753. The summed E-state index contributed by atoms with van der Waals surface area (Å²) in [7, 11) is 0. The Morgan fingerprint density at radius 2 is 2.33 bits per heavy atom. The van der Waals surface area contributed by atoms with Crippen molar-refractivity contribution in [1.82, 2.24) is 14.5 Å². The molecule has 2 aromatic rings. The van der Waals surface area contributed by atoms with Gasteiger partial charge in [-0.15, -0.1) is 0 Å². The third-order valence-corrected chi connectivity index (χ3v) is 3.69. The molecule has 0 amide bonds. The van der Waals surface area contributed by atoms with Crippen molar-refractivity contribution < 1.29 is 4.74 Å². The summed E-state index contributed by atoms with van der Waals surface area (Å²) in [5, 5.41) is 1.12. The summed E-state index contributed by atoms with van der Waals surface area (Å²) in [5.74, 6) is 0. The maximum Gasteiger partial charge on any atom is 0.145 e. The molecule has 0 radical (unpaired) electrons. The molecule has 0 aliphatic carbocycles. The van der Waals surface area contributed by atoms with E-state index in [2.05, 4.69) is 50.2 Å². The average molecular weight is 315 g/mol. The molecule has 1 saturated heterocycles. The summed E-state index contributed by atoms with van der Waals surface area (Å²) in [5.41, 5.74) is 1.07. The van der Waals surface area contributed by atoms with Gasteiger partial charge in [0.05, 0.1) is 24.1 Å². The number of halogens is 1. The normalized spacial score (nSPS) is 19.1. The van der Waals surface area contributed by atoms with Crippen LogP contribution >= 0.6 is 22.6 Å². The molecular weight excluding hydrogens is 305 g/mol. The minimum atomic E-state index is 0.0655. The van der Waals surface area contributed by atoms with Crippen LogP contribution in [0.1, 0.15) is 6.92 Å². The Labute approximate surface area is 101 Å². The highest BCUT2D eigenvalue weighted by Crippen LogP contribution is 2.31. The van der Waals surface area contributed by atoms with E-state index < -0.39 is 0 Å². The van der Waals surface area contributed by atoms with Crippen molar-refractivity contribution in [2.75, 3.05) is 13.2 Å². The van der Waals surface area contributed by atoms with Crippen molar-refractivity contribution >= 4 is 33.6 Å². The maximum absolute atomic E-state index is 5.28. The second-order valence-corrected chi connectivity index (χ2v) is 5.26. The van der Waals surface area contributed by atoms with E-state index in [1.165, 1.54) is 3.57 Å². The largest absolute Gasteiger partial charge is 0.376 e. The van der Waals surface area contributed by atoms with E-state index in [0.29, 0.717) is 0 Å². The zero-order valence-corrected chi connectivity index (χ0v) is 10.4. The fraction of sp³-hybridized carbons (Fsp3) is 0.400. The molecule has 4 nitrogen and oxygen atoms in total. The Bertz CT molecular complexity index is 518. The molecule has 1 fully saturated rings. The molecule has 0 aromatic carbocycles. The van der Waals surface area contributed by atoms with Gasteiger partial charge in [0.2, 0.25) is 0 Å². The second-order valence-electron chi connectivity index (χ2n) is 4.10. The van der Waals surface area contributed by atoms with Crippen LogP contribution in [0.2, 0.25) is 0 Å². The van der Waals surface area contributed by atoms with Crippen LogP contribution in [-0.2, 0) is 10.3 Å². The van der Waals surface area contributed by atoms with Crippen LogP contribution in [0.25, 0.3) is 11.0 Å². The third kappa shape index (κ3) is 1.29. The van der Waals surface area contributed by atoms with E-state index in [0.717, 1.165) is 24.2 Å². The first kappa shape index (κ1) is 9.53. The first-order valence-corrected chi connectivity index (χ1v) is 5.83. The Morgan fingerprint density at radius 1 is 1.53 bits per heavy atom. The molecule has 2 aromatic heterocycles. The molecule has 0 spiro atoms. The van der Waals surface area contributed by atoms with Crippen LogP contribution in [0.5, 0.6) is 0 Å². The lowest BCUT2D eigenvalue weighted by molar-refractivity contribution is -0.0877. The number of fused-ring (bicyclic) bond motifs is 1. The van der Waals surface area contributed by atoms with Crippen LogP contribution in [0.4, 0.5) is 0 Å². The fourth-order valence-corrected chi connectivity index (χ4v) is 2.53. The lowest BCUT2D eigenvalue weighted by Crippen LogP contribution is -2.48. The summed E-state index contributed by atoms with van der Waals surface area (Å²) in [6, 6.07) is 0. The molecule has 0 bridgehead atoms. The van der Waals surface area contributed by atoms with Gasteiger partial charge in [0.25, 0.3) is 0 Å². The first-order valence-electron chi connectivity index (χ1n) is 4.75. The fourth-order valence-electron chi connectivity index (χ4n) is 1.88. The smallest absolute Gasteiger partial charge is 0.145 e. The van der Waals surface area contributed by atoms with Gasteiger partial charge in [-0.05, 0) is 29.5 Å². The molecule has 0 saturated carbocycles. The van der Waals surface area contributed by atoms with Crippen molar-refractivity contribution in [3.8, 4) is 0 Å². The number of aromatic nitrogens is 3. The first-order chi connectivity index (χ1) is 7.21. The summed E-state index contributed by atoms with van der Waals surface area (Å²) in [6.07, 6.45) is 5.59. The van der Waals surface area contributed by atoms with Crippen molar-refractivity contribution in [3.63, 3.8) is 0 Å². The average Bonchev–Trinajstić information content (AvgIpc) is 2.54. The topological polar surface area (TPSA) is 39.9 Å². The molecular formula is C10H10IN3O. The Hall–Kier alpha value is -0.690.